The third-order valence-electron chi connectivity index (χ3n) is 13.6. The highest BCUT2D eigenvalue weighted by Crippen LogP contribution is 2.68. The Morgan fingerprint density at radius 3 is 2.62 bits per heavy atom. The fourth-order valence-corrected chi connectivity index (χ4v) is 11.2. The van der Waals surface area contributed by atoms with Crippen LogP contribution >= 0.6 is 0 Å². The minimum absolute atomic E-state index is 0.0284. The van der Waals surface area contributed by atoms with Crippen molar-refractivity contribution in [2.45, 2.75) is 77.0 Å². The van der Waals surface area contributed by atoms with Gasteiger partial charge in [-0.1, -0.05) is 61.9 Å². The van der Waals surface area contributed by atoms with Crippen molar-refractivity contribution < 1.29 is 28.2 Å². The van der Waals surface area contributed by atoms with E-state index in [-0.39, 0.29) is 46.7 Å². The van der Waals surface area contributed by atoms with Crippen molar-refractivity contribution in [2.75, 3.05) is 0 Å². The first-order valence-corrected chi connectivity index (χ1v) is 18.8. The summed E-state index contributed by atoms with van der Waals surface area (Å²) in [5, 5.41) is 22.5. The molecule has 9 heteroatoms. The summed E-state index contributed by atoms with van der Waals surface area (Å²) in [6.07, 6.45) is 8.57. The molecule has 0 spiro atoms. The van der Waals surface area contributed by atoms with E-state index >= 15 is 0 Å². The van der Waals surface area contributed by atoms with Crippen LogP contribution in [0.5, 0.6) is 0 Å². The third kappa shape index (κ3) is 5.07. The number of fused-ring (bicyclic) bond motifs is 7. The first-order chi connectivity index (χ1) is 25.5. The normalized spacial score (nSPS) is 30.7. The number of furan rings is 1. The number of carbonyl (C=O) groups is 2. The van der Waals surface area contributed by atoms with Crippen LogP contribution in [0.25, 0.3) is 22.5 Å². The van der Waals surface area contributed by atoms with E-state index in [0.717, 1.165) is 52.5 Å². The monoisotopic (exact) mass is 713 g/mol. The van der Waals surface area contributed by atoms with Crippen molar-refractivity contribution in [1.29, 1.82) is 0 Å². The Hall–Kier alpha value is -5.02. The summed E-state index contributed by atoms with van der Waals surface area (Å²) in [4.78, 5) is 28.7. The maximum Gasteiger partial charge on any atom is 0.375 e. The van der Waals surface area contributed by atoms with Crippen LogP contribution in [0.4, 0.5) is 4.39 Å². The number of halogens is 1. The molecule has 2 heterocycles. The minimum Gasteiger partial charge on any atom is -0.457 e. The summed E-state index contributed by atoms with van der Waals surface area (Å²) < 4.78 is 27.5. The minimum atomic E-state index is -1.53. The molecule has 5 aromatic rings. The van der Waals surface area contributed by atoms with Gasteiger partial charge < -0.3 is 19.6 Å². The second kappa shape index (κ2) is 12.3. The molecule has 0 saturated heterocycles. The number of nitrogens with one attached hydrogen (secondary N) is 1. The van der Waals surface area contributed by atoms with Crippen molar-refractivity contribution in [3.05, 3.63) is 125 Å². The van der Waals surface area contributed by atoms with Crippen LogP contribution in [-0.2, 0) is 16.0 Å². The van der Waals surface area contributed by atoms with E-state index in [1.54, 1.807) is 24.3 Å². The predicted octanol–water partition coefficient (Wildman–Crippen LogP) is 8.38. The number of ether oxygens (including phenoxy) is 1. The second-order valence-corrected chi connectivity index (χ2v) is 16.2. The van der Waals surface area contributed by atoms with Crippen molar-refractivity contribution in [3.8, 4) is 5.69 Å². The lowest BCUT2D eigenvalue weighted by Crippen LogP contribution is -2.64. The van der Waals surface area contributed by atoms with Crippen LogP contribution < -0.4 is 5.32 Å². The molecule has 272 valence electrons. The van der Waals surface area contributed by atoms with E-state index < -0.39 is 23.1 Å². The average molecular weight is 714 g/mol. The molecule has 2 N–H and O–H groups in total. The molecule has 0 radical (unpaired) electrons. The molecule has 4 aliphatic rings. The molecule has 8 atom stereocenters. The SMILES string of the molecule is CC(NC(=O)C1(OC(=O)c2ccco2)CCC2C3CCC4=Cc5c(cnn5-c5ccc(F)cc5)CC4(C)C3C(O)CC21C)c1cccc2ccccc12. The van der Waals surface area contributed by atoms with Gasteiger partial charge in [-0.25, -0.2) is 13.9 Å². The van der Waals surface area contributed by atoms with E-state index in [9.17, 15) is 19.1 Å². The van der Waals surface area contributed by atoms with Gasteiger partial charge in [0, 0.05) is 5.41 Å². The Balaban J connectivity index is 1.05. The average Bonchev–Trinajstić information content (AvgIpc) is 3.89. The van der Waals surface area contributed by atoms with Crippen molar-refractivity contribution in [2.24, 2.45) is 28.6 Å². The van der Waals surface area contributed by atoms with Gasteiger partial charge in [0.25, 0.3) is 5.91 Å². The largest absolute Gasteiger partial charge is 0.457 e. The maximum atomic E-state index is 14.9. The topological polar surface area (TPSA) is 107 Å². The van der Waals surface area contributed by atoms with Crippen LogP contribution in [0.2, 0.25) is 0 Å². The molecule has 53 heavy (non-hydrogen) atoms. The second-order valence-electron chi connectivity index (χ2n) is 16.2. The molecule has 8 nitrogen and oxygen atoms in total. The molecule has 2 aromatic heterocycles. The molecule has 1 amide bonds. The van der Waals surface area contributed by atoms with Crippen LogP contribution in [0.1, 0.15) is 86.3 Å². The lowest BCUT2D eigenvalue weighted by atomic mass is 9.45. The van der Waals surface area contributed by atoms with Crippen molar-refractivity contribution in [1.82, 2.24) is 15.1 Å². The number of amides is 1. The molecule has 3 fully saturated rings. The van der Waals surface area contributed by atoms with Crippen molar-refractivity contribution >= 4 is 28.7 Å². The first-order valence-electron chi connectivity index (χ1n) is 18.8. The summed E-state index contributed by atoms with van der Waals surface area (Å²) in [6.45, 7) is 6.30. The smallest absolute Gasteiger partial charge is 0.375 e. The van der Waals surface area contributed by atoms with E-state index in [4.69, 9.17) is 14.3 Å². The zero-order chi connectivity index (χ0) is 36.7. The van der Waals surface area contributed by atoms with Gasteiger partial charge in [0.05, 0.1) is 36.0 Å². The number of nitrogens with zero attached hydrogens (tertiary/aromatic N) is 2. The number of benzene rings is 3. The number of carbonyl (C=O) groups excluding carboxylic acids is 2. The number of aromatic nitrogens is 2. The molecule has 3 aromatic carbocycles. The van der Waals surface area contributed by atoms with Crippen LogP contribution in [0, 0.1) is 34.4 Å². The highest BCUT2D eigenvalue weighted by atomic mass is 19.1. The number of aliphatic hydroxyl groups excluding tert-OH is 1. The lowest BCUT2D eigenvalue weighted by molar-refractivity contribution is -0.182. The maximum absolute atomic E-state index is 14.9. The Kier molecular flexibility index (Phi) is 7.82. The third-order valence-corrected chi connectivity index (χ3v) is 13.6. The number of aliphatic hydroxyl groups is 1. The Labute approximate surface area is 308 Å². The molecule has 9 rings (SSSR count). The Morgan fingerprint density at radius 2 is 1.83 bits per heavy atom. The fraction of sp³-hybridized carbons (Fsp3) is 0.386. The summed E-state index contributed by atoms with van der Waals surface area (Å²) in [6, 6.07) is 23.4. The molecule has 4 aliphatic carbocycles. The number of esters is 1. The quantitative estimate of drug-likeness (QED) is 0.171. The van der Waals surface area contributed by atoms with Gasteiger partial charge in [-0.05, 0) is 133 Å². The molecule has 0 aliphatic heterocycles. The van der Waals surface area contributed by atoms with Gasteiger partial charge in [-0.15, -0.1) is 0 Å². The predicted molar refractivity (Wildman–Crippen MR) is 198 cm³/mol. The summed E-state index contributed by atoms with van der Waals surface area (Å²) in [5.74, 6) is -1.20. The summed E-state index contributed by atoms with van der Waals surface area (Å²) in [7, 11) is 0. The van der Waals surface area contributed by atoms with Gasteiger partial charge >= 0.3 is 5.97 Å². The van der Waals surface area contributed by atoms with Gasteiger partial charge in [-0.2, -0.15) is 5.10 Å². The van der Waals surface area contributed by atoms with Gasteiger partial charge in [0.15, 0.2) is 5.60 Å². The van der Waals surface area contributed by atoms with Gasteiger partial charge in [-0.3, -0.25) is 4.79 Å². The van der Waals surface area contributed by atoms with Gasteiger partial charge in [0.1, 0.15) is 5.82 Å². The molecule has 8 unspecified atom stereocenters. The first kappa shape index (κ1) is 33.8. The van der Waals surface area contributed by atoms with E-state index in [0.29, 0.717) is 19.3 Å². The lowest BCUT2D eigenvalue weighted by Gasteiger charge is -2.60. The fourth-order valence-electron chi connectivity index (χ4n) is 11.2. The van der Waals surface area contributed by atoms with E-state index in [2.05, 4.69) is 43.4 Å². The number of hydrogen-bond acceptors (Lipinski definition) is 6. The summed E-state index contributed by atoms with van der Waals surface area (Å²) in [5.41, 5.74) is 2.46. The zero-order valence-corrected chi connectivity index (χ0v) is 30.2. The number of hydrogen-bond donors (Lipinski definition) is 2. The van der Waals surface area contributed by atoms with E-state index in [1.807, 2.05) is 42.1 Å². The van der Waals surface area contributed by atoms with E-state index in [1.165, 1.54) is 24.0 Å². The summed E-state index contributed by atoms with van der Waals surface area (Å²) >= 11 is 0. The van der Waals surface area contributed by atoms with Crippen LogP contribution in [-0.4, -0.2) is 38.5 Å². The van der Waals surface area contributed by atoms with Gasteiger partial charge in [0.2, 0.25) is 5.76 Å². The number of allylic oxidation sites excluding steroid dienone is 1. The molecule has 0 bridgehead atoms. The highest BCUT2D eigenvalue weighted by Gasteiger charge is 2.71. The zero-order valence-electron chi connectivity index (χ0n) is 30.2. The molecule has 3 saturated carbocycles. The molecular weight excluding hydrogens is 669 g/mol. The molecular formula is C44H44FN3O5. The highest BCUT2D eigenvalue weighted by molar-refractivity contribution is 5.94. The Bertz CT molecular complexity index is 2260. The standard InChI is InChI=1S/C44H44FN3O5/c1-26(32-11-6-9-27-8-4-5-10-33(27)32)47-41(51)44(53-40(50)38-12-7-21-52-38)20-19-35-34-18-13-29-22-36-28(25-46-48(36)31-16-14-30(45)15-17-31)23-42(29,2)39(34)37(49)24-43(35,44)3/h4-12,14-17,21-22,25-26,34-35,37,39,49H,13,18-20,23-24H2,1-3H3,(H,47,51). The van der Waals surface area contributed by atoms with Crippen LogP contribution in [0.3, 0.4) is 0 Å². The Morgan fingerprint density at radius 1 is 1.04 bits per heavy atom. The number of rotatable bonds is 6. The van der Waals surface area contributed by atoms with Crippen LogP contribution in [0.15, 0.2) is 101 Å². The van der Waals surface area contributed by atoms with Crippen molar-refractivity contribution in [3.63, 3.8) is 0 Å².